The molecule has 0 saturated carbocycles. The maximum Gasteiger partial charge on any atom is 0.236 e. The van der Waals surface area contributed by atoms with Crippen molar-refractivity contribution in [2.24, 2.45) is 4.99 Å². The minimum absolute atomic E-state index is 0.0333. The number of piperidine rings is 1. The molecule has 0 radical (unpaired) electrons. The Morgan fingerprint density at radius 3 is 2.32 bits per heavy atom. The molecule has 1 atom stereocenters. The van der Waals surface area contributed by atoms with Crippen LogP contribution in [0.15, 0.2) is 23.2 Å². The molecule has 174 valence electrons. The van der Waals surface area contributed by atoms with E-state index in [-0.39, 0.29) is 24.1 Å². The topological polar surface area (TPSA) is 63.2 Å². The maximum atomic E-state index is 14.3. The van der Waals surface area contributed by atoms with Crippen LogP contribution in [0.3, 0.4) is 0 Å². The van der Waals surface area contributed by atoms with Crippen LogP contribution in [-0.4, -0.2) is 93.5 Å². The van der Waals surface area contributed by atoms with Crippen molar-refractivity contribution in [3.63, 3.8) is 0 Å². The van der Waals surface area contributed by atoms with Crippen molar-refractivity contribution in [2.45, 2.75) is 31.8 Å². The fraction of sp³-hybridized carbons (Fsp3) is 0.636. The number of likely N-dealkylation sites (tertiary alicyclic amines) is 1. The summed E-state index contributed by atoms with van der Waals surface area (Å²) in [5, 5.41) is 6.66. The summed E-state index contributed by atoms with van der Waals surface area (Å²) in [6.45, 7) is 4.98. The molecule has 1 aliphatic heterocycles. The molecule has 1 aromatic rings. The Morgan fingerprint density at radius 2 is 1.81 bits per heavy atom. The number of guanidine groups is 1. The normalized spacial score (nSPS) is 17.0. The Kier molecular flexibility index (Phi) is 9.64. The average molecular weight is 439 g/mol. The van der Waals surface area contributed by atoms with Crippen molar-refractivity contribution in [1.82, 2.24) is 25.3 Å². The zero-order valence-corrected chi connectivity index (χ0v) is 19.3. The Balaban J connectivity index is 2.01. The number of likely N-dealkylation sites (N-methyl/N-ethyl adjacent to an activating group) is 2. The summed E-state index contributed by atoms with van der Waals surface area (Å²) < 4.78 is 28.6. The molecule has 1 amide bonds. The van der Waals surface area contributed by atoms with E-state index in [4.69, 9.17) is 0 Å². The van der Waals surface area contributed by atoms with Gasteiger partial charge in [0.05, 0.1) is 19.1 Å². The Bertz CT molecular complexity index is 727. The first-order chi connectivity index (χ1) is 14.7. The van der Waals surface area contributed by atoms with Crippen molar-refractivity contribution < 1.29 is 13.6 Å². The molecule has 7 nitrogen and oxygen atoms in total. The first-order valence-electron chi connectivity index (χ1n) is 10.8. The van der Waals surface area contributed by atoms with Gasteiger partial charge >= 0.3 is 0 Å². The van der Waals surface area contributed by atoms with Gasteiger partial charge in [-0.05, 0) is 46.0 Å². The first kappa shape index (κ1) is 25.0. The predicted molar refractivity (Wildman–Crippen MR) is 120 cm³/mol. The molecule has 1 unspecified atom stereocenters. The SMILES string of the molecule is CCNC(=NCC(c1c(F)cccc1F)N(C)C)NC1CCN(CC(=O)N(C)C)CC1. The van der Waals surface area contributed by atoms with Gasteiger partial charge in [0.15, 0.2) is 5.96 Å². The number of rotatable bonds is 8. The molecule has 1 saturated heterocycles. The van der Waals surface area contributed by atoms with Gasteiger partial charge in [0.2, 0.25) is 5.91 Å². The van der Waals surface area contributed by atoms with E-state index >= 15 is 0 Å². The predicted octanol–water partition coefficient (Wildman–Crippen LogP) is 1.68. The summed E-state index contributed by atoms with van der Waals surface area (Å²) in [7, 11) is 7.11. The van der Waals surface area contributed by atoms with Crippen molar-refractivity contribution in [3.8, 4) is 0 Å². The van der Waals surface area contributed by atoms with Crippen LogP contribution in [0.5, 0.6) is 0 Å². The van der Waals surface area contributed by atoms with E-state index in [0.717, 1.165) is 25.9 Å². The number of hydrogen-bond acceptors (Lipinski definition) is 4. The van der Waals surface area contributed by atoms with Crippen LogP contribution in [0.1, 0.15) is 31.4 Å². The second-order valence-corrected chi connectivity index (χ2v) is 8.32. The summed E-state index contributed by atoms with van der Waals surface area (Å²) in [6.07, 6.45) is 1.79. The molecule has 1 aromatic carbocycles. The van der Waals surface area contributed by atoms with Crippen molar-refractivity contribution in [3.05, 3.63) is 35.4 Å². The molecular formula is C22H36F2N6O. The van der Waals surface area contributed by atoms with Gasteiger partial charge in [-0.3, -0.25) is 14.7 Å². The molecule has 0 aromatic heterocycles. The van der Waals surface area contributed by atoms with Gasteiger partial charge in [0, 0.05) is 45.3 Å². The van der Waals surface area contributed by atoms with Crippen LogP contribution in [-0.2, 0) is 4.79 Å². The number of amides is 1. The molecule has 2 rings (SSSR count). The van der Waals surface area contributed by atoms with Crippen LogP contribution < -0.4 is 10.6 Å². The largest absolute Gasteiger partial charge is 0.357 e. The van der Waals surface area contributed by atoms with Gasteiger partial charge in [-0.1, -0.05) is 6.07 Å². The van der Waals surface area contributed by atoms with E-state index in [1.807, 2.05) is 6.92 Å². The second-order valence-electron chi connectivity index (χ2n) is 8.32. The van der Waals surface area contributed by atoms with Crippen molar-refractivity contribution in [2.75, 3.05) is 60.9 Å². The number of nitrogens with one attached hydrogen (secondary N) is 2. The van der Waals surface area contributed by atoms with E-state index in [2.05, 4.69) is 20.5 Å². The van der Waals surface area contributed by atoms with Gasteiger partial charge in [0.25, 0.3) is 0 Å². The van der Waals surface area contributed by atoms with Crippen LogP contribution >= 0.6 is 0 Å². The molecule has 2 N–H and O–H groups in total. The van der Waals surface area contributed by atoms with E-state index in [1.54, 1.807) is 38.0 Å². The van der Waals surface area contributed by atoms with Gasteiger partial charge in [-0.2, -0.15) is 0 Å². The Morgan fingerprint density at radius 1 is 1.19 bits per heavy atom. The molecule has 0 aliphatic carbocycles. The molecule has 1 heterocycles. The van der Waals surface area contributed by atoms with E-state index < -0.39 is 17.7 Å². The van der Waals surface area contributed by atoms with Crippen LogP contribution in [0.25, 0.3) is 0 Å². The summed E-state index contributed by atoms with van der Waals surface area (Å²) in [5.41, 5.74) is 0.0333. The zero-order chi connectivity index (χ0) is 23.0. The summed E-state index contributed by atoms with van der Waals surface area (Å²) >= 11 is 0. The number of hydrogen-bond donors (Lipinski definition) is 2. The highest BCUT2D eigenvalue weighted by Gasteiger charge is 2.24. The number of nitrogens with zero attached hydrogens (tertiary/aromatic N) is 4. The molecule has 1 fully saturated rings. The number of aliphatic imine (C=N–C) groups is 1. The zero-order valence-electron chi connectivity index (χ0n) is 19.3. The van der Waals surface area contributed by atoms with Crippen LogP contribution in [0.4, 0.5) is 8.78 Å². The maximum absolute atomic E-state index is 14.3. The Hall–Kier alpha value is -2.26. The molecular weight excluding hydrogens is 402 g/mol. The van der Waals surface area contributed by atoms with E-state index in [1.165, 1.54) is 18.2 Å². The average Bonchev–Trinajstić information content (AvgIpc) is 2.71. The molecule has 31 heavy (non-hydrogen) atoms. The van der Waals surface area contributed by atoms with Gasteiger partial charge in [0.1, 0.15) is 11.6 Å². The minimum Gasteiger partial charge on any atom is -0.357 e. The van der Waals surface area contributed by atoms with Crippen LogP contribution in [0, 0.1) is 11.6 Å². The number of carbonyl (C=O) groups excluding carboxylic acids is 1. The molecule has 9 heteroatoms. The van der Waals surface area contributed by atoms with Gasteiger partial charge in [-0.25, -0.2) is 8.78 Å². The second kappa shape index (κ2) is 12.0. The molecule has 1 aliphatic rings. The monoisotopic (exact) mass is 438 g/mol. The third-order valence-electron chi connectivity index (χ3n) is 5.51. The number of halogens is 2. The number of benzene rings is 1. The highest BCUT2D eigenvalue weighted by atomic mass is 19.1. The van der Waals surface area contributed by atoms with Crippen molar-refractivity contribution >= 4 is 11.9 Å². The third-order valence-corrected chi connectivity index (χ3v) is 5.51. The number of carbonyl (C=O) groups is 1. The van der Waals surface area contributed by atoms with E-state index in [9.17, 15) is 13.6 Å². The lowest BCUT2D eigenvalue weighted by Crippen LogP contribution is -2.50. The summed E-state index contributed by atoms with van der Waals surface area (Å²) in [5.74, 6) is -0.386. The quantitative estimate of drug-likeness (QED) is 0.478. The minimum atomic E-state index is -0.563. The standard InChI is InChI=1S/C22H36F2N6O/c1-6-25-22(27-16-10-12-30(13-11-16)15-20(31)29(4)5)26-14-19(28(2)3)21-17(23)8-7-9-18(21)24/h7-9,16,19H,6,10-15H2,1-5H3,(H2,25,26,27). The first-order valence-corrected chi connectivity index (χ1v) is 10.8. The lowest BCUT2D eigenvalue weighted by molar-refractivity contribution is -0.130. The fourth-order valence-corrected chi connectivity index (χ4v) is 3.60. The highest BCUT2D eigenvalue weighted by molar-refractivity contribution is 5.80. The smallest absolute Gasteiger partial charge is 0.236 e. The van der Waals surface area contributed by atoms with Gasteiger partial charge < -0.3 is 20.4 Å². The van der Waals surface area contributed by atoms with Crippen molar-refractivity contribution in [1.29, 1.82) is 0 Å². The van der Waals surface area contributed by atoms with E-state index in [0.29, 0.717) is 19.0 Å². The molecule has 0 spiro atoms. The highest BCUT2D eigenvalue weighted by Crippen LogP contribution is 2.24. The lowest BCUT2D eigenvalue weighted by atomic mass is 10.0. The lowest BCUT2D eigenvalue weighted by Gasteiger charge is -2.33. The summed E-state index contributed by atoms with van der Waals surface area (Å²) in [6, 6.07) is 3.63. The fourth-order valence-electron chi connectivity index (χ4n) is 3.60. The molecule has 0 bridgehead atoms. The summed E-state index contributed by atoms with van der Waals surface area (Å²) in [4.78, 5) is 22.1. The van der Waals surface area contributed by atoms with Gasteiger partial charge in [-0.15, -0.1) is 0 Å². The third kappa shape index (κ3) is 7.43. The Labute approximate surface area is 184 Å². The van der Waals surface area contributed by atoms with Crippen LogP contribution in [0.2, 0.25) is 0 Å².